The van der Waals surface area contributed by atoms with Gasteiger partial charge >= 0.3 is 0 Å². The van der Waals surface area contributed by atoms with Crippen LogP contribution in [0.15, 0.2) is 18.2 Å². The maximum Gasteiger partial charge on any atom is 0.202 e. The molecule has 0 unspecified atom stereocenters. The van der Waals surface area contributed by atoms with Gasteiger partial charge in [0.15, 0.2) is 24.1 Å². The van der Waals surface area contributed by atoms with E-state index in [9.17, 15) is 39.9 Å². The zero-order valence-corrected chi connectivity index (χ0v) is 27.1. The number of hydrogen-bond acceptors (Lipinski definition) is 14. The maximum absolute atomic E-state index is 13.9. The van der Waals surface area contributed by atoms with E-state index in [1.165, 1.54) is 25.3 Å². The predicted molar refractivity (Wildman–Crippen MR) is 164 cm³/mol. The van der Waals surface area contributed by atoms with Gasteiger partial charge in [0, 0.05) is 48.5 Å². The molecule has 7 atom stereocenters. The highest BCUT2D eigenvalue weighted by molar-refractivity contribution is 14.1. The largest absolute Gasteiger partial charge is 0.507 e. The molecule has 2 fully saturated rings. The van der Waals surface area contributed by atoms with E-state index in [1.807, 2.05) is 4.90 Å². The van der Waals surface area contributed by atoms with E-state index in [1.54, 1.807) is 29.9 Å². The zero-order chi connectivity index (χ0) is 33.1. The van der Waals surface area contributed by atoms with Gasteiger partial charge in [0.05, 0.1) is 55.3 Å². The van der Waals surface area contributed by atoms with Gasteiger partial charge in [-0.15, -0.1) is 0 Å². The van der Waals surface area contributed by atoms with Gasteiger partial charge in [0.2, 0.25) is 5.78 Å². The van der Waals surface area contributed by atoms with Gasteiger partial charge in [-0.25, -0.2) is 0 Å². The Morgan fingerprint density at radius 1 is 1.13 bits per heavy atom. The lowest BCUT2D eigenvalue weighted by Gasteiger charge is -2.46. The third kappa shape index (κ3) is 5.40. The van der Waals surface area contributed by atoms with E-state index in [2.05, 4.69) is 0 Å². The number of methoxy groups -OCH3 is 1. The number of ketones is 3. The van der Waals surface area contributed by atoms with Crippen LogP contribution in [-0.4, -0.2) is 118 Å². The summed E-state index contributed by atoms with van der Waals surface area (Å²) in [6.07, 6.45) is -5.48. The third-order valence-electron chi connectivity index (χ3n) is 9.36. The van der Waals surface area contributed by atoms with Crippen molar-refractivity contribution in [2.24, 2.45) is 0 Å². The van der Waals surface area contributed by atoms with Crippen LogP contribution in [0.4, 0.5) is 0 Å². The van der Waals surface area contributed by atoms with Gasteiger partial charge in [0.1, 0.15) is 52.5 Å². The molecular weight excluding hydrogens is 721 g/mol. The number of fused-ring (bicyclic) bond motifs is 3. The molecule has 2 aliphatic carbocycles. The van der Waals surface area contributed by atoms with Crippen molar-refractivity contribution in [3.63, 3.8) is 0 Å². The molecule has 2 aliphatic heterocycles. The minimum atomic E-state index is -2.26. The molecule has 14 nitrogen and oxygen atoms in total. The second-order valence-corrected chi connectivity index (χ2v) is 12.5. The first-order valence-corrected chi connectivity index (χ1v) is 15.7. The summed E-state index contributed by atoms with van der Waals surface area (Å²) in [4.78, 5) is 42.4. The Bertz CT molecular complexity index is 1580. The summed E-state index contributed by atoms with van der Waals surface area (Å²) in [6.45, 7) is 1.86. The molecular formula is C31H34INO13. The number of phenols is 2. The smallest absolute Gasteiger partial charge is 0.202 e. The summed E-state index contributed by atoms with van der Waals surface area (Å²) in [5.74, 6) is -3.76. The number of morpholine rings is 1. The molecule has 6 rings (SSSR count). The van der Waals surface area contributed by atoms with Crippen LogP contribution in [0.5, 0.6) is 17.2 Å². The van der Waals surface area contributed by atoms with Gasteiger partial charge in [-0.05, 0) is 13.0 Å². The molecule has 2 aromatic carbocycles. The van der Waals surface area contributed by atoms with Crippen LogP contribution in [0.2, 0.25) is 0 Å². The van der Waals surface area contributed by atoms with Gasteiger partial charge in [-0.2, -0.15) is 0 Å². The molecule has 46 heavy (non-hydrogen) atoms. The topological polar surface area (TPSA) is 202 Å². The number of Topliss-reactive ketones (excluding diaryl/α,β-unsaturated/α-hetero) is 1. The van der Waals surface area contributed by atoms with Gasteiger partial charge in [0.25, 0.3) is 0 Å². The summed E-state index contributed by atoms with van der Waals surface area (Å²) in [5, 5.41) is 55.5. The summed E-state index contributed by atoms with van der Waals surface area (Å²) in [7, 11) is 1.33. The predicted octanol–water partition coefficient (Wildman–Crippen LogP) is 1.07. The molecule has 248 valence electrons. The molecule has 2 aromatic rings. The number of ether oxygens (including phenoxy) is 4. The second-order valence-electron chi connectivity index (χ2n) is 11.9. The molecule has 5 N–H and O–H groups in total. The first kappa shape index (κ1) is 33.2. The molecule has 0 aromatic heterocycles. The van der Waals surface area contributed by atoms with Crippen molar-refractivity contribution in [3.8, 4) is 17.2 Å². The lowest BCUT2D eigenvalue weighted by atomic mass is 9.72. The molecule has 2 heterocycles. The molecule has 0 saturated carbocycles. The zero-order valence-electron chi connectivity index (χ0n) is 25.0. The normalized spacial score (nSPS) is 31.2. The molecule has 4 aliphatic rings. The highest BCUT2D eigenvalue weighted by Gasteiger charge is 2.50. The Labute approximate surface area is 277 Å². The molecule has 0 bridgehead atoms. The van der Waals surface area contributed by atoms with Crippen LogP contribution in [-0.2, 0) is 28.5 Å². The number of carbonyl (C=O) groups is 3. The Balaban J connectivity index is 1.43. The highest BCUT2D eigenvalue weighted by Crippen LogP contribution is 2.52. The van der Waals surface area contributed by atoms with E-state index in [0.29, 0.717) is 19.7 Å². The van der Waals surface area contributed by atoms with Crippen molar-refractivity contribution in [3.05, 3.63) is 51.6 Å². The quantitative estimate of drug-likeness (QED) is 0.169. The minimum absolute atomic E-state index is 0.0516. The van der Waals surface area contributed by atoms with Crippen molar-refractivity contribution in [1.82, 2.24) is 4.90 Å². The number of carbonyl (C=O) groups excluding carboxylic acids is 3. The molecule has 0 amide bonds. The standard InChI is InChI=1S/C31H34INO13/c1-13-26(36)16(33-6-7-43-21(11-33)46-32)8-20(44-13)45-18-10-31(41,19(35)12-34)9-15-23(18)30(40)25-24(28(15)38)27(37)14-4-3-5-17(42-2)22(14)29(25)39/h3-5,13,16,18,20-21,26,34,36,38,40-41H,6-12H2,1-2H3/t13-,16-,18-,20-,21+,26+,31-/m0/s1. The molecule has 2 saturated heterocycles. The van der Waals surface area contributed by atoms with Gasteiger partial charge < -0.3 is 44.5 Å². The first-order chi connectivity index (χ1) is 21.9. The number of aliphatic hydroxyl groups is 3. The number of nitrogens with zero attached hydrogens (tertiary/aromatic N) is 1. The minimum Gasteiger partial charge on any atom is -0.507 e. The van der Waals surface area contributed by atoms with Crippen LogP contribution >= 0.6 is 23.0 Å². The van der Waals surface area contributed by atoms with Crippen molar-refractivity contribution in [1.29, 1.82) is 0 Å². The van der Waals surface area contributed by atoms with E-state index < -0.39 is 102 Å². The summed E-state index contributed by atoms with van der Waals surface area (Å²) in [6, 6.07) is 3.92. The van der Waals surface area contributed by atoms with Crippen molar-refractivity contribution in [2.45, 2.75) is 68.7 Å². The van der Waals surface area contributed by atoms with Gasteiger partial charge in [-0.1, -0.05) is 12.1 Å². The number of benzene rings is 2. The fourth-order valence-corrected chi connectivity index (χ4v) is 7.35. The number of phenolic OH excluding ortho intramolecular Hbond substituents is 2. The number of aliphatic hydroxyl groups excluding tert-OH is 2. The van der Waals surface area contributed by atoms with Crippen LogP contribution < -0.4 is 4.74 Å². The van der Waals surface area contributed by atoms with Crippen molar-refractivity contribution < 1.29 is 61.9 Å². The number of halogens is 1. The van der Waals surface area contributed by atoms with Crippen LogP contribution in [0, 0.1) is 0 Å². The first-order valence-electron chi connectivity index (χ1n) is 14.8. The maximum atomic E-state index is 13.9. The third-order valence-corrected chi connectivity index (χ3v) is 9.93. The Morgan fingerprint density at radius 3 is 2.57 bits per heavy atom. The second kappa shape index (κ2) is 12.7. The number of hydrogen-bond donors (Lipinski definition) is 5. The van der Waals surface area contributed by atoms with E-state index in [0.717, 1.165) is 0 Å². The Hall–Kier alpha value is -2.74. The van der Waals surface area contributed by atoms with Crippen LogP contribution in [0.25, 0.3) is 0 Å². The average molecular weight is 756 g/mol. The summed E-state index contributed by atoms with van der Waals surface area (Å²) < 4.78 is 28.5. The van der Waals surface area contributed by atoms with Crippen molar-refractivity contribution in [2.75, 3.05) is 33.4 Å². The Kier molecular flexibility index (Phi) is 9.16. The molecule has 0 radical (unpaired) electrons. The van der Waals surface area contributed by atoms with Crippen LogP contribution in [0.1, 0.15) is 68.8 Å². The fraction of sp³-hybridized carbons (Fsp3) is 0.516. The fourth-order valence-electron chi connectivity index (χ4n) is 7.05. The highest BCUT2D eigenvalue weighted by atomic mass is 127. The average Bonchev–Trinajstić information content (AvgIpc) is 3.05. The van der Waals surface area contributed by atoms with E-state index >= 15 is 0 Å². The lowest BCUT2D eigenvalue weighted by Crippen LogP contribution is -2.59. The lowest BCUT2D eigenvalue weighted by molar-refractivity contribution is -0.264. The SMILES string of the molecule is COc1cccc2c1C(=O)c1c(O)c3c(c(O)c1C2=O)C[C@@](O)(C(=O)CO)C[C@@H]3O[C@H]1C[C@H](N2CCO[C@H](OI)C2)[C@H](O)[C@H](C)O1. The summed E-state index contributed by atoms with van der Waals surface area (Å²) >= 11 is 1.75. The van der Waals surface area contributed by atoms with Crippen LogP contribution in [0.3, 0.4) is 0 Å². The van der Waals surface area contributed by atoms with E-state index in [-0.39, 0.29) is 34.4 Å². The van der Waals surface area contributed by atoms with Gasteiger partial charge in [-0.3, -0.25) is 22.3 Å². The van der Waals surface area contributed by atoms with E-state index in [4.69, 9.17) is 22.0 Å². The molecule has 15 heteroatoms. The number of rotatable bonds is 7. The molecule has 0 spiro atoms. The van der Waals surface area contributed by atoms with Crippen molar-refractivity contribution >= 4 is 40.4 Å². The summed E-state index contributed by atoms with van der Waals surface area (Å²) in [5.41, 5.74) is -3.62. The monoisotopic (exact) mass is 755 g/mol. The number of aromatic hydroxyl groups is 2. The Morgan fingerprint density at radius 2 is 1.87 bits per heavy atom.